The number of aliphatic hydroxyl groups is 1. The molecule has 1 fully saturated rings. The third kappa shape index (κ3) is 4.01. The Bertz CT molecular complexity index is 1240. The smallest absolute Gasteiger partial charge is 0.325 e. The van der Waals surface area contributed by atoms with Gasteiger partial charge in [-0.15, -0.1) is 0 Å². The number of benzene rings is 3. The van der Waals surface area contributed by atoms with Gasteiger partial charge in [0, 0.05) is 11.8 Å². The minimum absolute atomic E-state index is 0.0637. The quantitative estimate of drug-likeness (QED) is 0.546. The average Bonchev–Trinajstić information content (AvgIpc) is 3.01. The van der Waals surface area contributed by atoms with E-state index in [0.717, 1.165) is 22.1 Å². The fraction of sp³-hybridized carbons (Fsp3) is 0.308. The molecule has 0 radical (unpaired) electrons. The number of nitrogens with one attached hydrogen (secondary N) is 1. The van der Waals surface area contributed by atoms with Crippen molar-refractivity contribution < 1.29 is 28.9 Å². The van der Waals surface area contributed by atoms with Crippen molar-refractivity contribution in [3.05, 3.63) is 66.2 Å². The summed E-state index contributed by atoms with van der Waals surface area (Å²) < 4.78 is 17.2. The Labute approximate surface area is 197 Å². The van der Waals surface area contributed by atoms with Gasteiger partial charge >= 0.3 is 6.03 Å². The zero-order valence-corrected chi connectivity index (χ0v) is 18.8. The van der Waals surface area contributed by atoms with E-state index in [1.165, 1.54) is 0 Å². The highest BCUT2D eigenvalue weighted by Crippen LogP contribution is 2.36. The van der Waals surface area contributed by atoms with Crippen molar-refractivity contribution in [2.45, 2.75) is 25.0 Å². The molecule has 0 spiro atoms. The van der Waals surface area contributed by atoms with Crippen LogP contribution in [0.25, 0.3) is 10.8 Å². The molecule has 34 heavy (non-hydrogen) atoms. The SMILES string of the molecule is CC1(c2ccc3c(c2)OCCCO3)NC(=O)N(CC(O)COc2cccc3ccccc23)C1=O. The fourth-order valence-electron chi connectivity index (χ4n) is 4.30. The molecule has 1 saturated heterocycles. The van der Waals surface area contributed by atoms with Crippen molar-refractivity contribution in [1.29, 1.82) is 0 Å². The molecule has 2 aliphatic heterocycles. The largest absolute Gasteiger partial charge is 0.490 e. The van der Waals surface area contributed by atoms with Crippen LogP contribution in [0.1, 0.15) is 18.9 Å². The van der Waals surface area contributed by atoms with E-state index in [4.69, 9.17) is 14.2 Å². The molecule has 2 aliphatic rings. The van der Waals surface area contributed by atoms with Crippen molar-refractivity contribution >= 4 is 22.7 Å². The van der Waals surface area contributed by atoms with Crippen molar-refractivity contribution in [2.24, 2.45) is 0 Å². The molecule has 3 aromatic carbocycles. The number of fused-ring (bicyclic) bond motifs is 2. The first-order valence-electron chi connectivity index (χ1n) is 11.3. The van der Waals surface area contributed by atoms with E-state index in [1.807, 2.05) is 42.5 Å². The van der Waals surface area contributed by atoms with Crippen LogP contribution in [0.3, 0.4) is 0 Å². The van der Waals surface area contributed by atoms with Gasteiger partial charge in [0.2, 0.25) is 0 Å². The summed E-state index contributed by atoms with van der Waals surface area (Å²) in [5.41, 5.74) is -0.697. The Morgan fingerprint density at radius 1 is 1.06 bits per heavy atom. The standard InChI is InChI=1S/C26H26N2O6/c1-26(18-10-11-22-23(14-18)33-13-5-12-32-22)24(30)28(25(31)27-26)15-19(29)16-34-21-9-4-7-17-6-2-3-8-20(17)21/h2-4,6-11,14,19,29H,5,12-13,15-16H2,1H3,(H,27,31). The predicted octanol–water partition coefficient (Wildman–Crippen LogP) is 3.21. The maximum absolute atomic E-state index is 13.3. The number of hydrogen-bond donors (Lipinski definition) is 2. The van der Waals surface area contributed by atoms with Crippen LogP contribution >= 0.6 is 0 Å². The van der Waals surface area contributed by atoms with Gasteiger partial charge in [-0.05, 0) is 36.1 Å². The first-order valence-corrected chi connectivity index (χ1v) is 11.3. The van der Waals surface area contributed by atoms with E-state index >= 15 is 0 Å². The Morgan fingerprint density at radius 3 is 2.68 bits per heavy atom. The Morgan fingerprint density at radius 2 is 1.82 bits per heavy atom. The van der Waals surface area contributed by atoms with Gasteiger partial charge in [-0.2, -0.15) is 0 Å². The number of carbonyl (C=O) groups is 2. The third-order valence-electron chi connectivity index (χ3n) is 6.17. The molecule has 8 heteroatoms. The maximum atomic E-state index is 13.3. The van der Waals surface area contributed by atoms with Gasteiger partial charge < -0.3 is 24.6 Å². The van der Waals surface area contributed by atoms with Crippen LogP contribution in [0.2, 0.25) is 0 Å². The normalized spacial score (nSPS) is 20.7. The van der Waals surface area contributed by atoms with Crippen LogP contribution in [-0.2, 0) is 10.3 Å². The van der Waals surface area contributed by atoms with E-state index < -0.39 is 23.6 Å². The van der Waals surface area contributed by atoms with Crippen LogP contribution in [0.4, 0.5) is 4.79 Å². The van der Waals surface area contributed by atoms with Gasteiger partial charge in [-0.1, -0.05) is 42.5 Å². The minimum Gasteiger partial charge on any atom is -0.490 e. The molecule has 176 valence electrons. The molecule has 5 rings (SSSR count). The lowest BCUT2D eigenvalue weighted by molar-refractivity contribution is -0.132. The molecule has 3 amide bonds. The maximum Gasteiger partial charge on any atom is 0.325 e. The molecule has 8 nitrogen and oxygen atoms in total. The van der Waals surface area contributed by atoms with Crippen LogP contribution in [0.5, 0.6) is 17.2 Å². The van der Waals surface area contributed by atoms with E-state index in [-0.39, 0.29) is 13.2 Å². The van der Waals surface area contributed by atoms with E-state index in [1.54, 1.807) is 25.1 Å². The molecule has 2 heterocycles. The lowest BCUT2D eigenvalue weighted by Gasteiger charge is -2.24. The molecule has 0 bridgehead atoms. The number of aliphatic hydroxyl groups excluding tert-OH is 1. The van der Waals surface area contributed by atoms with Crippen LogP contribution in [-0.4, -0.2) is 54.4 Å². The van der Waals surface area contributed by atoms with Crippen molar-refractivity contribution in [3.8, 4) is 17.2 Å². The molecule has 0 aliphatic carbocycles. The number of rotatable bonds is 6. The van der Waals surface area contributed by atoms with Gasteiger partial charge in [0.15, 0.2) is 11.5 Å². The Hall–Kier alpha value is -3.78. The second-order valence-corrected chi connectivity index (χ2v) is 8.63. The Balaban J connectivity index is 1.28. The van der Waals surface area contributed by atoms with E-state index in [9.17, 15) is 14.7 Å². The molecule has 0 saturated carbocycles. The van der Waals surface area contributed by atoms with Crippen LogP contribution in [0.15, 0.2) is 60.7 Å². The zero-order valence-electron chi connectivity index (χ0n) is 18.8. The Kier molecular flexibility index (Phi) is 5.75. The first kappa shape index (κ1) is 22.0. The number of amides is 3. The topological polar surface area (TPSA) is 97.3 Å². The summed E-state index contributed by atoms with van der Waals surface area (Å²) in [6, 6.07) is 18.1. The van der Waals surface area contributed by atoms with Crippen molar-refractivity contribution in [2.75, 3.05) is 26.4 Å². The van der Waals surface area contributed by atoms with Gasteiger partial charge in [-0.3, -0.25) is 9.69 Å². The highest BCUT2D eigenvalue weighted by atomic mass is 16.5. The highest BCUT2D eigenvalue weighted by Gasteiger charge is 2.49. The molecular weight excluding hydrogens is 436 g/mol. The zero-order chi connectivity index (χ0) is 23.7. The molecular formula is C26H26N2O6. The number of nitrogens with zero attached hydrogens (tertiary/aromatic N) is 1. The summed E-state index contributed by atoms with van der Waals surface area (Å²) in [7, 11) is 0. The summed E-state index contributed by atoms with van der Waals surface area (Å²) in [5.74, 6) is 1.34. The monoisotopic (exact) mass is 462 g/mol. The molecule has 0 aromatic heterocycles. The summed E-state index contributed by atoms with van der Waals surface area (Å²) in [6.07, 6.45) is -0.288. The highest BCUT2D eigenvalue weighted by molar-refractivity contribution is 6.07. The van der Waals surface area contributed by atoms with Gasteiger partial charge in [0.05, 0.1) is 19.8 Å². The second kappa shape index (κ2) is 8.87. The third-order valence-corrected chi connectivity index (χ3v) is 6.17. The number of hydrogen-bond acceptors (Lipinski definition) is 6. The summed E-state index contributed by atoms with van der Waals surface area (Å²) >= 11 is 0. The average molecular weight is 463 g/mol. The van der Waals surface area contributed by atoms with Gasteiger partial charge in [0.25, 0.3) is 5.91 Å². The van der Waals surface area contributed by atoms with Crippen LogP contribution < -0.4 is 19.5 Å². The fourth-order valence-corrected chi connectivity index (χ4v) is 4.30. The lowest BCUT2D eigenvalue weighted by Crippen LogP contribution is -2.42. The lowest BCUT2D eigenvalue weighted by atomic mass is 9.91. The van der Waals surface area contributed by atoms with Crippen molar-refractivity contribution in [1.82, 2.24) is 10.2 Å². The molecule has 2 atom stereocenters. The van der Waals surface area contributed by atoms with Gasteiger partial charge in [-0.25, -0.2) is 4.79 Å². The molecule has 2 N–H and O–H groups in total. The number of ether oxygens (including phenoxy) is 3. The van der Waals surface area contributed by atoms with Crippen LogP contribution in [0, 0.1) is 0 Å². The first-order chi connectivity index (χ1) is 16.5. The summed E-state index contributed by atoms with van der Waals surface area (Å²) in [4.78, 5) is 27.0. The van der Waals surface area contributed by atoms with E-state index in [0.29, 0.717) is 36.0 Å². The van der Waals surface area contributed by atoms with Gasteiger partial charge in [0.1, 0.15) is 24.0 Å². The number of β-amino-alcohol motifs (C(OH)–C–C–N with tert-alkyl or cyclic N) is 1. The summed E-state index contributed by atoms with van der Waals surface area (Å²) in [5, 5.41) is 15.3. The number of imide groups is 1. The molecule has 3 aromatic rings. The van der Waals surface area contributed by atoms with E-state index in [2.05, 4.69) is 5.32 Å². The molecule has 2 unspecified atom stereocenters. The predicted molar refractivity (Wildman–Crippen MR) is 125 cm³/mol. The second-order valence-electron chi connectivity index (χ2n) is 8.63. The number of carbonyl (C=O) groups excluding carboxylic acids is 2. The summed E-state index contributed by atoms with van der Waals surface area (Å²) in [6.45, 7) is 2.47. The van der Waals surface area contributed by atoms with Crippen molar-refractivity contribution in [3.63, 3.8) is 0 Å². The minimum atomic E-state index is -1.28. The number of urea groups is 1.